The third-order valence-electron chi connectivity index (χ3n) is 6.51. The summed E-state index contributed by atoms with van der Waals surface area (Å²) in [4.78, 5) is 24.1. The second-order valence-electron chi connectivity index (χ2n) is 8.61. The number of aliphatic imine (C=N–C) groups is 1. The molecule has 8 N–H and O–H groups in total. The fourth-order valence-corrected chi connectivity index (χ4v) is 4.92. The highest BCUT2D eigenvalue weighted by Gasteiger charge is 2.34. The number of nitrogens with one attached hydrogen (secondary N) is 2. The number of anilines is 1. The van der Waals surface area contributed by atoms with E-state index in [1.807, 2.05) is 28.8 Å². The van der Waals surface area contributed by atoms with Crippen molar-refractivity contribution in [3.63, 3.8) is 0 Å². The van der Waals surface area contributed by atoms with Gasteiger partial charge >= 0.3 is 0 Å². The lowest BCUT2D eigenvalue weighted by atomic mass is 9.81. The summed E-state index contributed by atoms with van der Waals surface area (Å²) in [6.07, 6.45) is 3.50. The Hall–Kier alpha value is -3.33. The lowest BCUT2D eigenvalue weighted by molar-refractivity contribution is -0.119. The van der Waals surface area contributed by atoms with Gasteiger partial charge in [0.2, 0.25) is 5.91 Å². The fraction of sp³-hybridized carbons (Fsp3) is 0.409. The van der Waals surface area contributed by atoms with Crippen molar-refractivity contribution in [1.82, 2.24) is 19.9 Å². The molecule has 3 aromatic rings. The number of hydrogen-bond acceptors (Lipinski definition) is 6. The van der Waals surface area contributed by atoms with E-state index in [1.54, 1.807) is 6.92 Å². The Labute approximate surface area is 180 Å². The van der Waals surface area contributed by atoms with E-state index in [9.17, 15) is 4.79 Å². The second kappa shape index (κ2) is 7.42. The number of aromatic nitrogens is 3. The van der Waals surface area contributed by atoms with E-state index in [0.29, 0.717) is 17.4 Å². The van der Waals surface area contributed by atoms with Crippen molar-refractivity contribution >= 4 is 28.3 Å². The maximum Gasteiger partial charge on any atom is 0.216 e. The van der Waals surface area contributed by atoms with Crippen LogP contribution in [0.25, 0.3) is 22.3 Å². The molecule has 1 aliphatic carbocycles. The lowest BCUT2D eigenvalue weighted by Crippen LogP contribution is -2.30. The molecule has 0 radical (unpaired) electrons. The highest BCUT2D eigenvalue weighted by Crippen LogP contribution is 2.40. The van der Waals surface area contributed by atoms with Crippen LogP contribution >= 0.6 is 0 Å². The molecule has 2 aliphatic rings. The summed E-state index contributed by atoms with van der Waals surface area (Å²) in [7, 11) is 0. The molecule has 1 amide bonds. The number of carbonyl (C=O) groups excluding carboxylic acids is 1. The number of nitrogens with two attached hydrogens (primary N) is 3. The number of carbonyl (C=O) groups is 1. The van der Waals surface area contributed by atoms with Crippen LogP contribution in [0.5, 0.6) is 0 Å². The van der Waals surface area contributed by atoms with E-state index in [-0.39, 0.29) is 11.8 Å². The first-order valence-electron chi connectivity index (χ1n) is 10.8. The van der Waals surface area contributed by atoms with Crippen LogP contribution in [0.15, 0.2) is 29.3 Å². The van der Waals surface area contributed by atoms with Crippen molar-refractivity contribution in [3.05, 3.63) is 35.8 Å². The molecule has 0 bridgehead atoms. The molecule has 3 heterocycles. The van der Waals surface area contributed by atoms with Gasteiger partial charge in [0.15, 0.2) is 6.29 Å². The maximum atomic E-state index is 11.2. The van der Waals surface area contributed by atoms with Crippen LogP contribution in [0.4, 0.5) is 5.69 Å². The zero-order valence-corrected chi connectivity index (χ0v) is 17.6. The molecular weight excluding hydrogens is 392 g/mol. The first kappa shape index (κ1) is 19.6. The van der Waals surface area contributed by atoms with Crippen molar-refractivity contribution in [2.24, 2.45) is 22.4 Å². The van der Waals surface area contributed by atoms with Gasteiger partial charge in [-0.25, -0.2) is 9.98 Å². The number of nitrogen functional groups attached to an aromatic ring is 1. The summed E-state index contributed by atoms with van der Waals surface area (Å²) < 4.78 is 1.98. The normalized spacial score (nSPS) is 23.0. The number of hydrogen-bond donors (Lipinski definition) is 5. The molecule has 5 rings (SSSR count). The van der Waals surface area contributed by atoms with Gasteiger partial charge in [-0.3, -0.25) is 15.1 Å². The van der Waals surface area contributed by atoms with Crippen LogP contribution in [0.2, 0.25) is 0 Å². The van der Waals surface area contributed by atoms with Gasteiger partial charge in [-0.05, 0) is 43.7 Å². The highest BCUT2D eigenvalue weighted by atomic mass is 16.1. The zero-order chi connectivity index (χ0) is 21.7. The Bertz CT molecular complexity index is 1180. The largest absolute Gasteiger partial charge is 0.397 e. The standard InChI is InChI=1S/C22H28N8O/c1-11(31)26-10-12-5-7-13(8-6-12)21-28-18(19-20(24)29-22(25)30(19)21)16-9-14-3-2-4-15(23)17(14)27-16/h2-4,9,12-13,22,27H,5-8,10,23,25H2,1H3,(H2,24,29)(H,26,31)/t12-,13-,22-/m0/s1. The minimum absolute atomic E-state index is 0.0235. The van der Waals surface area contributed by atoms with Gasteiger partial charge in [0.05, 0.1) is 16.9 Å². The molecule has 0 saturated heterocycles. The summed E-state index contributed by atoms with van der Waals surface area (Å²) in [5.41, 5.74) is 22.7. The summed E-state index contributed by atoms with van der Waals surface area (Å²) >= 11 is 0. The van der Waals surface area contributed by atoms with Gasteiger partial charge in [0.25, 0.3) is 0 Å². The summed E-state index contributed by atoms with van der Waals surface area (Å²) in [6.45, 7) is 2.30. The predicted molar refractivity (Wildman–Crippen MR) is 121 cm³/mol. The average molecular weight is 421 g/mol. The molecule has 1 fully saturated rings. The van der Waals surface area contributed by atoms with E-state index >= 15 is 0 Å². The minimum atomic E-state index is -0.558. The van der Waals surface area contributed by atoms with E-state index in [0.717, 1.165) is 66.0 Å². The summed E-state index contributed by atoms with van der Waals surface area (Å²) in [5, 5.41) is 3.96. The number of benzene rings is 1. The van der Waals surface area contributed by atoms with Crippen molar-refractivity contribution in [3.8, 4) is 11.4 Å². The van der Waals surface area contributed by atoms with Crippen molar-refractivity contribution in [2.75, 3.05) is 12.3 Å². The van der Waals surface area contributed by atoms with E-state index in [4.69, 9.17) is 22.2 Å². The molecule has 1 aliphatic heterocycles. The third kappa shape index (κ3) is 3.34. The SMILES string of the molecule is CC(=O)NC[C@H]1CC[C@H](c2nc(-c3cc4cccc(N)c4[nH]3)c3n2[C@@H](N)N=C3N)CC1. The molecular formula is C22H28N8O. The average Bonchev–Trinajstić information content (AvgIpc) is 3.42. The molecule has 2 aromatic heterocycles. The van der Waals surface area contributed by atoms with E-state index in [2.05, 4.69) is 15.3 Å². The van der Waals surface area contributed by atoms with Crippen molar-refractivity contribution in [2.45, 2.75) is 44.8 Å². The molecule has 162 valence electrons. The molecule has 1 saturated carbocycles. The van der Waals surface area contributed by atoms with Gasteiger partial charge < -0.3 is 21.8 Å². The van der Waals surface area contributed by atoms with Crippen molar-refractivity contribution in [1.29, 1.82) is 0 Å². The lowest BCUT2D eigenvalue weighted by Gasteiger charge is -2.28. The first-order valence-corrected chi connectivity index (χ1v) is 10.8. The van der Waals surface area contributed by atoms with E-state index in [1.165, 1.54) is 0 Å². The fourth-order valence-electron chi connectivity index (χ4n) is 4.92. The monoisotopic (exact) mass is 420 g/mol. The number of amidine groups is 1. The topological polar surface area (TPSA) is 153 Å². The predicted octanol–water partition coefficient (Wildman–Crippen LogP) is 2.16. The first-order chi connectivity index (χ1) is 14.9. The molecule has 0 unspecified atom stereocenters. The van der Waals surface area contributed by atoms with Crippen LogP contribution in [0.1, 0.15) is 56.3 Å². The summed E-state index contributed by atoms with van der Waals surface area (Å²) in [6, 6.07) is 7.86. The minimum Gasteiger partial charge on any atom is -0.397 e. The Balaban J connectivity index is 1.48. The zero-order valence-electron chi connectivity index (χ0n) is 17.6. The van der Waals surface area contributed by atoms with Crippen LogP contribution in [-0.2, 0) is 4.79 Å². The van der Waals surface area contributed by atoms with Crippen LogP contribution < -0.4 is 22.5 Å². The number of fused-ring (bicyclic) bond motifs is 2. The molecule has 9 heteroatoms. The second-order valence-corrected chi connectivity index (χ2v) is 8.61. The van der Waals surface area contributed by atoms with Gasteiger partial charge in [-0.2, -0.15) is 0 Å². The summed E-state index contributed by atoms with van der Waals surface area (Å²) in [5.74, 6) is 2.15. The number of aromatic amines is 1. The Morgan fingerprint density at radius 2 is 2.03 bits per heavy atom. The smallest absolute Gasteiger partial charge is 0.216 e. The highest BCUT2D eigenvalue weighted by molar-refractivity contribution is 6.04. The van der Waals surface area contributed by atoms with Crippen molar-refractivity contribution < 1.29 is 4.79 Å². The Morgan fingerprint density at radius 1 is 1.26 bits per heavy atom. The molecule has 0 spiro atoms. The Morgan fingerprint density at radius 3 is 2.74 bits per heavy atom. The number of amides is 1. The van der Waals surface area contributed by atoms with E-state index < -0.39 is 6.29 Å². The quantitative estimate of drug-likeness (QED) is 0.409. The van der Waals surface area contributed by atoms with Gasteiger partial charge in [0.1, 0.15) is 23.0 Å². The third-order valence-corrected chi connectivity index (χ3v) is 6.51. The molecule has 9 nitrogen and oxygen atoms in total. The van der Waals surface area contributed by atoms with Gasteiger partial charge in [-0.1, -0.05) is 12.1 Å². The maximum absolute atomic E-state index is 11.2. The van der Waals surface area contributed by atoms with Crippen LogP contribution in [0, 0.1) is 5.92 Å². The number of para-hydroxylation sites is 1. The Kier molecular flexibility index (Phi) is 4.70. The number of imidazole rings is 1. The number of H-pyrrole nitrogens is 1. The molecule has 31 heavy (non-hydrogen) atoms. The molecule has 1 aromatic carbocycles. The number of rotatable bonds is 4. The van der Waals surface area contributed by atoms with Crippen LogP contribution in [0.3, 0.4) is 0 Å². The van der Waals surface area contributed by atoms with Gasteiger partial charge in [0, 0.05) is 24.8 Å². The molecule has 1 atom stereocenters. The van der Waals surface area contributed by atoms with Crippen LogP contribution in [-0.4, -0.2) is 32.8 Å². The number of nitrogens with zero attached hydrogens (tertiary/aromatic N) is 3. The van der Waals surface area contributed by atoms with Gasteiger partial charge in [-0.15, -0.1) is 0 Å².